The van der Waals surface area contributed by atoms with E-state index >= 15 is 0 Å². The molecule has 0 spiro atoms. The van der Waals surface area contributed by atoms with Gasteiger partial charge >= 0.3 is 0 Å². The van der Waals surface area contributed by atoms with Gasteiger partial charge in [-0.25, -0.2) is 0 Å². The number of fused-ring (bicyclic) bond motifs is 3. The number of ketones is 1. The van der Waals surface area contributed by atoms with Gasteiger partial charge in [0.15, 0.2) is 5.78 Å². The molecule has 3 aromatic carbocycles. The molecule has 5 heteroatoms. The van der Waals surface area contributed by atoms with Crippen LogP contribution < -0.4 is 10.6 Å². The molecule has 4 rings (SSSR count). The van der Waals surface area contributed by atoms with Crippen LogP contribution in [0.25, 0.3) is 11.1 Å². The molecule has 0 fully saturated rings. The molecule has 1 unspecified atom stereocenters. The van der Waals surface area contributed by atoms with Gasteiger partial charge in [0, 0.05) is 34.8 Å². The highest BCUT2D eigenvalue weighted by Crippen LogP contribution is 2.36. The Balaban J connectivity index is 1.45. The van der Waals surface area contributed by atoms with Crippen molar-refractivity contribution in [2.24, 2.45) is 0 Å². The van der Waals surface area contributed by atoms with E-state index in [0.29, 0.717) is 22.3 Å². The summed E-state index contributed by atoms with van der Waals surface area (Å²) in [6, 6.07) is 20.0. The average molecular weight is 412 g/mol. The summed E-state index contributed by atoms with van der Waals surface area (Å²) >= 11 is 0. The van der Waals surface area contributed by atoms with Gasteiger partial charge in [-0.3, -0.25) is 14.4 Å². The fourth-order valence-electron chi connectivity index (χ4n) is 3.69. The van der Waals surface area contributed by atoms with Crippen LogP contribution in [0.5, 0.6) is 0 Å². The number of hydrogen-bond acceptors (Lipinski definition) is 3. The predicted molar refractivity (Wildman–Crippen MR) is 120 cm³/mol. The Morgan fingerprint density at radius 2 is 1.52 bits per heavy atom. The number of hydrogen-bond donors (Lipinski definition) is 2. The van der Waals surface area contributed by atoms with Gasteiger partial charge in [0.1, 0.15) is 0 Å². The van der Waals surface area contributed by atoms with Crippen LogP contribution in [0.2, 0.25) is 0 Å². The summed E-state index contributed by atoms with van der Waals surface area (Å²) in [4.78, 5) is 37.7. The monoisotopic (exact) mass is 412 g/mol. The van der Waals surface area contributed by atoms with Crippen LogP contribution in [0.3, 0.4) is 0 Å². The van der Waals surface area contributed by atoms with Gasteiger partial charge in [-0.2, -0.15) is 0 Å². The van der Waals surface area contributed by atoms with E-state index in [2.05, 4.69) is 10.6 Å². The Morgan fingerprint density at radius 3 is 2.29 bits per heavy atom. The number of amides is 2. The van der Waals surface area contributed by atoms with Crippen LogP contribution in [0.1, 0.15) is 62.5 Å². The van der Waals surface area contributed by atoms with E-state index < -0.39 is 0 Å². The molecule has 1 aliphatic carbocycles. The largest absolute Gasteiger partial charge is 0.350 e. The molecule has 0 bridgehead atoms. The first-order valence-corrected chi connectivity index (χ1v) is 10.4. The zero-order valence-electron chi connectivity index (χ0n) is 17.6. The summed E-state index contributed by atoms with van der Waals surface area (Å²) in [5.74, 6) is -0.444. The Morgan fingerprint density at radius 1 is 0.806 bits per heavy atom. The lowest BCUT2D eigenvalue weighted by Crippen LogP contribution is -2.32. The van der Waals surface area contributed by atoms with Crippen LogP contribution in [0.15, 0.2) is 66.7 Å². The summed E-state index contributed by atoms with van der Waals surface area (Å²) in [5, 5.41) is 5.82. The zero-order valence-corrected chi connectivity index (χ0v) is 17.6. The van der Waals surface area contributed by atoms with E-state index in [1.165, 1.54) is 0 Å². The van der Waals surface area contributed by atoms with E-state index in [0.717, 1.165) is 23.1 Å². The summed E-state index contributed by atoms with van der Waals surface area (Å²) in [6.45, 7) is 4.26. The van der Waals surface area contributed by atoms with Crippen molar-refractivity contribution in [1.29, 1.82) is 0 Å². The molecule has 2 N–H and O–H groups in total. The van der Waals surface area contributed by atoms with E-state index in [-0.39, 0.29) is 30.2 Å². The van der Waals surface area contributed by atoms with Crippen molar-refractivity contribution < 1.29 is 14.4 Å². The second-order valence-corrected chi connectivity index (χ2v) is 7.80. The third-order valence-electron chi connectivity index (χ3n) is 5.62. The predicted octanol–water partition coefficient (Wildman–Crippen LogP) is 4.36. The molecule has 1 aliphatic rings. The maximum absolute atomic E-state index is 12.7. The lowest BCUT2D eigenvalue weighted by Gasteiger charge is -2.12. The van der Waals surface area contributed by atoms with E-state index in [1.54, 1.807) is 30.3 Å². The molecular weight excluding hydrogens is 388 g/mol. The molecule has 0 saturated heterocycles. The minimum absolute atomic E-state index is 0.0553. The fraction of sp³-hybridized carbons (Fsp3) is 0.192. The standard InChI is InChI=1S/C26H24N2O3/c1-3-16(2)28-26(31)18-8-6-7-17(13-18)15-27-25(30)19-11-12-21-20-9-4-5-10-22(20)24(29)23(21)14-19/h4-14,16H,3,15H2,1-2H3,(H,27,30)(H,28,31). The minimum atomic E-state index is -0.263. The second-order valence-electron chi connectivity index (χ2n) is 7.80. The van der Waals surface area contributed by atoms with Crippen LogP contribution >= 0.6 is 0 Å². The second kappa shape index (κ2) is 8.56. The topological polar surface area (TPSA) is 75.3 Å². The normalized spacial score (nSPS) is 12.6. The smallest absolute Gasteiger partial charge is 0.251 e. The van der Waals surface area contributed by atoms with Gasteiger partial charge in [-0.05, 0) is 54.3 Å². The first-order valence-electron chi connectivity index (χ1n) is 10.4. The van der Waals surface area contributed by atoms with E-state index in [4.69, 9.17) is 0 Å². The third-order valence-corrected chi connectivity index (χ3v) is 5.62. The highest BCUT2D eigenvalue weighted by Gasteiger charge is 2.27. The summed E-state index contributed by atoms with van der Waals surface area (Å²) < 4.78 is 0. The van der Waals surface area contributed by atoms with Gasteiger partial charge in [-0.1, -0.05) is 49.4 Å². The lowest BCUT2D eigenvalue weighted by atomic mass is 10.0. The molecule has 2 amide bonds. The van der Waals surface area contributed by atoms with Crippen molar-refractivity contribution in [1.82, 2.24) is 10.6 Å². The van der Waals surface area contributed by atoms with Crippen LogP contribution in [0, 0.1) is 0 Å². The first-order chi connectivity index (χ1) is 15.0. The molecule has 0 radical (unpaired) electrons. The van der Waals surface area contributed by atoms with Crippen molar-refractivity contribution in [3.05, 3.63) is 94.5 Å². The van der Waals surface area contributed by atoms with Crippen LogP contribution in [-0.4, -0.2) is 23.6 Å². The molecule has 0 saturated carbocycles. The van der Waals surface area contributed by atoms with Crippen LogP contribution in [0.4, 0.5) is 0 Å². The van der Waals surface area contributed by atoms with Crippen molar-refractivity contribution in [3.8, 4) is 11.1 Å². The molecule has 3 aromatic rings. The first kappa shape index (κ1) is 20.5. The molecule has 0 aromatic heterocycles. The Hall–Kier alpha value is -3.73. The van der Waals surface area contributed by atoms with Crippen molar-refractivity contribution >= 4 is 17.6 Å². The number of nitrogens with one attached hydrogen (secondary N) is 2. The SMILES string of the molecule is CCC(C)NC(=O)c1cccc(CNC(=O)c2ccc3c(c2)C(=O)c2ccccc2-3)c1. The molecule has 0 heterocycles. The summed E-state index contributed by atoms with van der Waals surface area (Å²) in [7, 11) is 0. The molecule has 1 atom stereocenters. The number of carbonyl (C=O) groups excluding carboxylic acids is 3. The number of benzene rings is 3. The summed E-state index contributed by atoms with van der Waals surface area (Å²) in [5.41, 5.74) is 4.81. The van der Waals surface area contributed by atoms with Gasteiger partial charge < -0.3 is 10.6 Å². The molecule has 31 heavy (non-hydrogen) atoms. The molecular formula is C26H24N2O3. The Labute approximate surface area is 181 Å². The number of carbonyl (C=O) groups is 3. The fourth-order valence-corrected chi connectivity index (χ4v) is 3.69. The van der Waals surface area contributed by atoms with Gasteiger partial charge in [0.25, 0.3) is 11.8 Å². The number of rotatable bonds is 6. The summed E-state index contributed by atoms with van der Waals surface area (Å²) in [6.07, 6.45) is 0.857. The highest BCUT2D eigenvalue weighted by molar-refractivity contribution is 6.22. The highest BCUT2D eigenvalue weighted by atomic mass is 16.2. The average Bonchev–Trinajstić information content (AvgIpc) is 3.09. The minimum Gasteiger partial charge on any atom is -0.350 e. The maximum Gasteiger partial charge on any atom is 0.251 e. The van der Waals surface area contributed by atoms with Gasteiger partial charge in [0.2, 0.25) is 0 Å². The Bertz CT molecular complexity index is 1180. The van der Waals surface area contributed by atoms with E-state index in [9.17, 15) is 14.4 Å². The Kier molecular flexibility index (Phi) is 5.67. The molecule has 5 nitrogen and oxygen atoms in total. The zero-order chi connectivity index (χ0) is 22.0. The van der Waals surface area contributed by atoms with Gasteiger partial charge in [-0.15, -0.1) is 0 Å². The van der Waals surface area contributed by atoms with Crippen LogP contribution in [-0.2, 0) is 6.54 Å². The van der Waals surface area contributed by atoms with Gasteiger partial charge in [0.05, 0.1) is 0 Å². The lowest BCUT2D eigenvalue weighted by molar-refractivity contribution is 0.0936. The van der Waals surface area contributed by atoms with E-state index in [1.807, 2.05) is 50.2 Å². The maximum atomic E-state index is 12.7. The van der Waals surface area contributed by atoms with Crippen molar-refractivity contribution in [2.45, 2.75) is 32.9 Å². The quantitative estimate of drug-likeness (QED) is 0.494. The molecule has 156 valence electrons. The molecule has 0 aliphatic heterocycles. The van der Waals surface area contributed by atoms with Crippen molar-refractivity contribution in [2.75, 3.05) is 0 Å². The van der Waals surface area contributed by atoms with Crippen molar-refractivity contribution in [3.63, 3.8) is 0 Å². The third kappa shape index (κ3) is 4.12.